The van der Waals surface area contributed by atoms with Crippen molar-refractivity contribution in [3.63, 3.8) is 0 Å². The molecule has 2 aliphatic carbocycles. The molecule has 2 aliphatic heterocycles. The number of phenolic OH excluding ortho intramolecular Hbond substituents is 1. The lowest BCUT2D eigenvalue weighted by Crippen LogP contribution is -2.63. The van der Waals surface area contributed by atoms with Crippen LogP contribution < -0.4 is 10.1 Å². The summed E-state index contributed by atoms with van der Waals surface area (Å²) in [5.74, 6) is 1.03. The van der Waals surface area contributed by atoms with E-state index < -0.39 is 6.10 Å². The van der Waals surface area contributed by atoms with Crippen LogP contribution in [-0.2, 0) is 16.6 Å². The van der Waals surface area contributed by atoms with E-state index in [1.54, 1.807) is 12.1 Å². The number of carbonyl (C=O) groups excluding carboxylic acids is 1. The van der Waals surface area contributed by atoms with Gasteiger partial charge < -0.3 is 15.2 Å². The largest absolute Gasteiger partial charge is 0.504 e. The number of carbonyl (C=O) groups is 1. The first kappa shape index (κ1) is 10.9. The van der Waals surface area contributed by atoms with Gasteiger partial charge in [0.1, 0.15) is 0 Å². The highest BCUT2D eigenvalue weighted by Crippen LogP contribution is 2.60. The summed E-state index contributed by atoms with van der Waals surface area (Å²) in [6, 6.07) is 4.04. The van der Waals surface area contributed by atoms with E-state index in [-0.39, 0.29) is 22.9 Å². The SMILES string of the molecule is O=C1C=C[C@H]2[C@H]3Cc4ccc(O)c5c4[C@@]2(CCN3)[C@H]1O5. The third-order valence-electron chi connectivity index (χ3n) is 5.53. The zero-order valence-electron chi connectivity index (χ0n) is 10.9. The second kappa shape index (κ2) is 3.26. The van der Waals surface area contributed by atoms with Crippen molar-refractivity contribution in [1.29, 1.82) is 0 Å². The maximum atomic E-state index is 12.3. The summed E-state index contributed by atoms with van der Waals surface area (Å²) in [5, 5.41) is 13.7. The van der Waals surface area contributed by atoms with E-state index in [1.165, 1.54) is 5.56 Å². The summed E-state index contributed by atoms with van der Waals surface area (Å²) in [6.07, 6.45) is 5.09. The van der Waals surface area contributed by atoms with Crippen molar-refractivity contribution < 1.29 is 14.6 Å². The van der Waals surface area contributed by atoms with E-state index in [1.807, 2.05) is 6.07 Å². The van der Waals surface area contributed by atoms with Gasteiger partial charge in [0.05, 0.1) is 5.41 Å². The van der Waals surface area contributed by atoms with Crippen LogP contribution in [0.2, 0.25) is 0 Å². The smallest absolute Gasteiger partial charge is 0.196 e. The van der Waals surface area contributed by atoms with Gasteiger partial charge in [-0.25, -0.2) is 0 Å². The van der Waals surface area contributed by atoms with Crippen LogP contribution in [0.4, 0.5) is 0 Å². The normalized spacial score (nSPS) is 39.4. The number of nitrogens with one attached hydrogen (secondary N) is 1. The van der Waals surface area contributed by atoms with E-state index >= 15 is 0 Å². The predicted molar refractivity (Wildman–Crippen MR) is 71.9 cm³/mol. The Morgan fingerprint density at radius 1 is 1.40 bits per heavy atom. The van der Waals surface area contributed by atoms with Crippen molar-refractivity contribution in [1.82, 2.24) is 5.32 Å². The second-order valence-corrected chi connectivity index (χ2v) is 6.29. The highest BCUT2D eigenvalue weighted by molar-refractivity contribution is 5.98. The lowest BCUT2D eigenvalue weighted by Gasteiger charge is -2.52. The monoisotopic (exact) mass is 269 g/mol. The number of piperidine rings is 1. The minimum absolute atomic E-state index is 0.0327. The summed E-state index contributed by atoms with van der Waals surface area (Å²) in [7, 11) is 0. The van der Waals surface area contributed by atoms with Gasteiger partial charge in [0.15, 0.2) is 23.4 Å². The topological polar surface area (TPSA) is 58.6 Å². The molecule has 0 aromatic heterocycles. The molecule has 2 heterocycles. The fourth-order valence-electron chi connectivity index (χ4n) is 4.82. The minimum atomic E-state index is -0.454. The molecule has 0 radical (unpaired) electrons. The number of ketones is 1. The molecule has 4 aliphatic rings. The highest BCUT2D eigenvalue weighted by atomic mass is 16.5. The summed E-state index contributed by atoms with van der Waals surface area (Å²) < 4.78 is 5.94. The molecule has 4 nitrogen and oxygen atoms in total. The number of hydrogen-bond acceptors (Lipinski definition) is 4. The minimum Gasteiger partial charge on any atom is -0.504 e. The molecule has 4 atom stereocenters. The zero-order valence-corrected chi connectivity index (χ0v) is 10.9. The average molecular weight is 269 g/mol. The van der Waals surface area contributed by atoms with Gasteiger partial charge in [0, 0.05) is 17.5 Å². The molecule has 0 amide bonds. The molecule has 4 heteroatoms. The van der Waals surface area contributed by atoms with E-state index in [2.05, 4.69) is 11.4 Å². The Morgan fingerprint density at radius 3 is 3.20 bits per heavy atom. The summed E-state index contributed by atoms with van der Waals surface area (Å²) >= 11 is 0. The van der Waals surface area contributed by atoms with Crippen LogP contribution in [-0.4, -0.2) is 29.6 Å². The van der Waals surface area contributed by atoms with Gasteiger partial charge in [-0.2, -0.15) is 0 Å². The lowest BCUT2D eigenvalue weighted by molar-refractivity contribution is -0.125. The summed E-state index contributed by atoms with van der Waals surface area (Å²) in [6.45, 7) is 0.899. The molecule has 0 saturated carbocycles. The average Bonchev–Trinajstić information content (AvgIpc) is 2.78. The summed E-state index contributed by atoms with van der Waals surface area (Å²) in [4.78, 5) is 12.3. The van der Waals surface area contributed by atoms with Crippen molar-refractivity contribution in [3.8, 4) is 11.5 Å². The molecule has 1 aromatic rings. The molecule has 1 fully saturated rings. The molecule has 20 heavy (non-hydrogen) atoms. The highest BCUT2D eigenvalue weighted by Gasteiger charge is 2.63. The van der Waals surface area contributed by atoms with Crippen LogP contribution in [0, 0.1) is 5.92 Å². The molecule has 1 saturated heterocycles. The molecule has 5 rings (SSSR count). The van der Waals surface area contributed by atoms with Crippen LogP contribution in [0.15, 0.2) is 24.3 Å². The number of benzene rings is 1. The fourth-order valence-corrected chi connectivity index (χ4v) is 4.82. The van der Waals surface area contributed by atoms with E-state index in [0.29, 0.717) is 11.8 Å². The standard InChI is InChI=1S/C16H15NO3/c18-11-3-1-8-7-10-9-2-4-12(19)15-16(9,5-6-17-10)13(8)14(11)20-15/h1-4,9-10,15,17-18H,5-7H2/t9-,10+,15-,16-/m0/s1. The Kier molecular flexibility index (Phi) is 1.78. The molecule has 1 spiro atoms. The van der Waals surface area contributed by atoms with Crippen molar-refractivity contribution in [2.45, 2.75) is 30.4 Å². The third kappa shape index (κ3) is 0.998. The van der Waals surface area contributed by atoms with Gasteiger partial charge in [-0.1, -0.05) is 12.1 Å². The van der Waals surface area contributed by atoms with Crippen LogP contribution in [0.3, 0.4) is 0 Å². The molecule has 0 unspecified atom stereocenters. The number of rotatable bonds is 0. The lowest BCUT2D eigenvalue weighted by atomic mass is 9.54. The number of aromatic hydroxyl groups is 1. The van der Waals surface area contributed by atoms with E-state index in [4.69, 9.17) is 4.74 Å². The quantitative estimate of drug-likeness (QED) is 0.739. The molecular formula is C16H15NO3. The Balaban J connectivity index is 1.88. The van der Waals surface area contributed by atoms with Gasteiger partial charge in [0.25, 0.3) is 0 Å². The first-order valence-corrected chi connectivity index (χ1v) is 7.19. The molecule has 102 valence electrons. The zero-order chi connectivity index (χ0) is 13.5. The van der Waals surface area contributed by atoms with Gasteiger partial charge >= 0.3 is 0 Å². The van der Waals surface area contributed by atoms with E-state index in [9.17, 15) is 9.90 Å². The van der Waals surface area contributed by atoms with Gasteiger partial charge in [0.2, 0.25) is 0 Å². The van der Waals surface area contributed by atoms with Crippen molar-refractivity contribution in [3.05, 3.63) is 35.4 Å². The van der Waals surface area contributed by atoms with Crippen LogP contribution in [0.5, 0.6) is 11.5 Å². The van der Waals surface area contributed by atoms with Crippen molar-refractivity contribution in [2.24, 2.45) is 5.92 Å². The first-order valence-electron chi connectivity index (χ1n) is 7.19. The van der Waals surface area contributed by atoms with E-state index in [0.717, 1.165) is 24.9 Å². The number of ether oxygens (including phenoxy) is 1. The molecule has 2 bridgehead atoms. The Bertz CT molecular complexity index is 681. The van der Waals surface area contributed by atoms with Crippen molar-refractivity contribution in [2.75, 3.05) is 6.54 Å². The maximum absolute atomic E-state index is 12.3. The fraction of sp³-hybridized carbons (Fsp3) is 0.438. The summed E-state index contributed by atoms with van der Waals surface area (Å²) in [5.41, 5.74) is 2.06. The third-order valence-corrected chi connectivity index (χ3v) is 5.53. The van der Waals surface area contributed by atoms with Crippen LogP contribution >= 0.6 is 0 Å². The van der Waals surface area contributed by atoms with Crippen molar-refractivity contribution >= 4 is 5.78 Å². The van der Waals surface area contributed by atoms with Gasteiger partial charge in [-0.05, 0) is 37.1 Å². The molecular weight excluding hydrogens is 254 g/mol. The first-order chi connectivity index (χ1) is 9.72. The molecule has 1 aromatic carbocycles. The van der Waals surface area contributed by atoms with Gasteiger partial charge in [-0.3, -0.25) is 4.79 Å². The molecule has 2 N–H and O–H groups in total. The van der Waals surface area contributed by atoms with Crippen LogP contribution in [0.25, 0.3) is 0 Å². The maximum Gasteiger partial charge on any atom is 0.196 e. The van der Waals surface area contributed by atoms with Gasteiger partial charge in [-0.15, -0.1) is 0 Å². The van der Waals surface area contributed by atoms with Crippen LogP contribution in [0.1, 0.15) is 17.5 Å². The predicted octanol–water partition coefficient (Wildman–Crippen LogP) is 1.06. The Hall–Kier alpha value is -1.81. The number of hydrogen-bond donors (Lipinski definition) is 2. The Labute approximate surface area is 116 Å². The second-order valence-electron chi connectivity index (χ2n) is 6.29. The Morgan fingerprint density at radius 2 is 2.30 bits per heavy atom. The number of phenols is 1.